The van der Waals surface area contributed by atoms with E-state index in [0.29, 0.717) is 44.1 Å². The molecule has 2 aliphatic heterocycles. The van der Waals surface area contributed by atoms with Crippen LogP contribution in [0.2, 0.25) is 0 Å². The molecule has 1 fully saturated rings. The molecule has 0 N–H and O–H groups in total. The lowest BCUT2D eigenvalue weighted by molar-refractivity contribution is -0.0455. The predicted molar refractivity (Wildman–Crippen MR) is 94.2 cm³/mol. The van der Waals surface area contributed by atoms with Gasteiger partial charge in [0.1, 0.15) is 0 Å². The lowest BCUT2D eigenvalue weighted by Crippen LogP contribution is -2.53. The normalized spacial score (nSPS) is 25.4. The number of methoxy groups -OCH3 is 2. The third-order valence-electron chi connectivity index (χ3n) is 4.72. The highest BCUT2D eigenvalue weighted by atomic mass is 32.2. The molecule has 7 nitrogen and oxygen atoms in total. The van der Waals surface area contributed by atoms with Crippen LogP contribution < -0.4 is 9.47 Å². The van der Waals surface area contributed by atoms with E-state index in [2.05, 4.69) is 0 Å². The maximum Gasteiger partial charge on any atom is 0.282 e. The highest BCUT2D eigenvalue weighted by molar-refractivity contribution is 7.86. The standard InChI is InChI=1S/C17H26N2O5S/c1-12-9-19(10-13(2)24-12)25(20,21)18-6-5-14-7-16(22-3)17(23-4)8-15(14)11-18/h7-8,12-13H,5-6,9-11H2,1-4H3/t12-,13-/m1/s1. The summed E-state index contributed by atoms with van der Waals surface area (Å²) in [5, 5.41) is 0. The van der Waals surface area contributed by atoms with E-state index in [1.807, 2.05) is 26.0 Å². The van der Waals surface area contributed by atoms with Crippen molar-refractivity contribution < 1.29 is 22.6 Å². The second kappa shape index (κ2) is 7.11. The molecule has 1 saturated heterocycles. The van der Waals surface area contributed by atoms with Gasteiger partial charge in [0.2, 0.25) is 0 Å². The minimum atomic E-state index is -3.51. The van der Waals surface area contributed by atoms with Crippen LogP contribution in [0.25, 0.3) is 0 Å². The molecule has 0 aliphatic carbocycles. The van der Waals surface area contributed by atoms with Crippen LogP contribution >= 0.6 is 0 Å². The number of hydrogen-bond acceptors (Lipinski definition) is 5. The highest BCUT2D eigenvalue weighted by Gasteiger charge is 2.36. The molecule has 0 amide bonds. The molecule has 0 bridgehead atoms. The number of ether oxygens (including phenoxy) is 3. The zero-order valence-electron chi connectivity index (χ0n) is 15.2. The molecule has 140 valence electrons. The number of fused-ring (bicyclic) bond motifs is 1. The highest BCUT2D eigenvalue weighted by Crippen LogP contribution is 2.34. The molecule has 0 saturated carbocycles. The molecule has 0 spiro atoms. The lowest BCUT2D eigenvalue weighted by atomic mass is 10.0. The number of nitrogens with zero attached hydrogens (tertiary/aromatic N) is 2. The summed E-state index contributed by atoms with van der Waals surface area (Å²) in [6.07, 6.45) is 0.463. The fraction of sp³-hybridized carbons (Fsp3) is 0.647. The van der Waals surface area contributed by atoms with Crippen molar-refractivity contribution in [2.24, 2.45) is 0 Å². The summed E-state index contributed by atoms with van der Waals surface area (Å²) in [6.45, 7) is 5.40. The minimum absolute atomic E-state index is 0.0973. The minimum Gasteiger partial charge on any atom is -0.493 e. The SMILES string of the molecule is COc1cc2c(cc1OC)CN(S(=O)(=O)N1C[C@@H](C)O[C@H](C)C1)CC2. The summed E-state index contributed by atoms with van der Waals surface area (Å²) < 4.78 is 45.5. The Morgan fingerprint density at radius 2 is 1.56 bits per heavy atom. The summed E-state index contributed by atoms with van der Waals surface area (Å²) >= 11 is 0. The van der Waals surface area contributed by atoms with E-state index in [1.54, 1.807) is 18.5 Å². The molecule has 1 aromatic rings. The Morgan fingerprint density at radius 3 is 2.12 bits per heavy atom. The molecule has 3 rings (SSSR count). The van der Waals surface area contributed by atoms with Gasteiger partial charge in [0.15, 0.2) is 11.5 Å². The Balaban J connectivity index is 1.84. The maximum atomic E-state index is 13.1. The van der Waals surface area contributed by atoms with Crippen LogP contribution in [-0.4, -0.2) is 63.1 Å². The first-order valence-corrected chi connectivity index (χ1v) is 9.89. The van der Waals surface area contributed by atoms with Crippen molar-refractivity contribution in [2.75, 3.05) is 33.9 Å². The first-order chi connectivity index (χ1) is 11.8. The molecule has 0 aromatic heterocycles. The fourth-order valence-electron chi connectivity index (χ4n) is 3.54. The van der Waals surface area contributed by atoms with Gasteiger partial charge in [-0.05, 0) is 43.5 Å². The van der Waals surface area contributed by atoms with Crippen LogP contribution in [0.15, 0.2) is 12.1 Å². The second-order valence-corrected chi connectivity index (χ2v) is 8.57. The van der Waals surface area contributed by atoms with Crippen molar-refractivity contribution in [3.63, 3.8) is 0 Å². The van der Waals surface area contributed by atoms with Crippen molar-refractivity contribution in [2.45, 2.75) is 39.0 Å². The van der Waals surface area contributed by atoms with Crippen molar-refractivity contribution in [1.29, 1.82) is 0 Å². The number of hydrogen-bond donors (Lipinski definition) is 0. The monoisotopic (exact) mass is 370 g/mol. The molecule has 1 aromatic carbocycles. The molecule has 0 radical (unpaired) electrons. The predicted octanol–water partition coefficient (Wildman–Crippen LogP) is 1.42. The summed E-state index contributed by atoms with van der Waals surface area (Å²) in [7, 11) is -0.331. The smallest absolute Gasteiger partial charge is 0.282 e. The first kappa shape index (κ1) is 18.4. The Bertz CT molecular complexity index is 727. The molecule has 2 heterocycles. The number of rotatable bonds is 4. The van der Waals surface area contributed by atoms with Crippen LogP contribution in [0, 0.1) is 0 Å². The van der Waals surface area contributed by atoms with Crippen LogP contribution in [-0.2, 0) is 27.9 Å². The van der Waals surface area contributed by atoms with Gasteiger partial charge in [-0.3, -0.25) is 0 Å². The van der Waals surface area contributed by atoms with Crippen molar-refractivity contribution in [1.82, 2.24) is 8.61 Å². The van der Waals surface area contributed by atoms with E-state index in [1.165, 1.54) is 4.31 Å². The second-order valence-electron chi connectivity index (χ2n) is 6.64. The van der Waals surface area contributed by atoms with Crippen molar-refractivity contribution in [3.8, 4) is 11.5 Å². The topological polar surface area (TPSA) is 68.3 Å². The van der Waals surface area contributed by atoms with E-state index in [-0.39, 0.29) is 12.2 Å². The van der Waals surface area contributed by atoms with Crippen LogP contribution in [0.5, 0.6) is 11.5 Å². The summed E-state index contributed by atoms with van der Waals surface area (Å²) in [5.74, 6) is 1.29. The average molecular weight is 370 g/mol. The van der Waals surface area contributed by atoms with Gasteiger partial charge in [0.25, 0.3) is 10.2 Å². The molecular formula is C17H26N2O5S. The average Bonchev–Trinajstić information content (AvgIpc) is 2.59. The molecule has 8 heteroatoms. The van der Waals surface area contributed by atoms with E-state index >= 15 is 0 Å². The lowest BCUT2D eigenvalue weighted by Gasteiger charge is -2.38. The third kappa shape index (κ3) is 3.62. The molecule has 2 atom stereocenters. The Hall–Kier alpha value is -1.35. The van der Waals surface area contributed by atoms with Gasteiger partial charge in [0.05, 0.1) is 26.4 Å². The molecule has 25 heavy (non-hydrogen) atoms. The zero-order chi connectivity index (χ0) is 18.2. The zero-order valence-corrected chi connectivity index (χ0v) is 16.0. The van der Waals surface area contributed by atoms with Gasteiger partial charge in [0, 0.05) is 26.2 Å². The van der Waals surface area contributed by atoms with E-state index in [9.17, 15) is 8.42 Å². The molecule has 2 aliphatic rings. The summed E-state index contributed by atoms with van der Waals surface area (Å²) in [4.78, 5) is 0. The van der Waals surface area contributed by atoms with Gasteiger partial charge < -0.3 is 14.2 Å². The van der Waals surface area contributed by atoms with Gasteiger partial charge in [-0.15, -0.1) is 0 Å². The van der Waals surface area contributed by atoms with Crippen LogP contribution in [0.4, 0.5) is 0 Å². The number of morpholine rings is 1. The Labute approximate surface area is 149 Å². The Morgan fingerprint density at radius 1 is 1.00 bits per heavy atom. The third-order valence-corrected chi connectivity index (χ3v) is 6.64. The van der Waals surface area contributed by atoms with Gasteiger partial charge in [-0.25, -0.2) is 0 Å². The molecular weight excluding hydrogens is 344 g/mol. The van der Waals surface area contributed by atoms with Crippen LogP contribution in [0.1, 0.15) is 25.0 Å². The van der Waals surface area contributed by atoms with Gasteiger partial charge >= 0.3 is 0 Å². The summed E-state index contributed by atoms with van der Waals surface area (Å²) in [6, 6.07) is 3.82. The first-order valence-electron chi connectivity index (χ1n) is 8.49. The number of benzene rings is 1. The fourth-order valence-corrected chi connectivity index (χ4v) is 5.28. The maximum absolute atomic E-state index is 13.1. The van der Waals surface area contributed by atoms with E-state index in [0.717, 1.165) is 11.1 Å². The Kier molecular flexibility index (Phi) is 5.24. The quantitative estimate of drug-likeness (QED) is 0.802. The van der Waals surface area contributed by atoms with Crippen molar-refractivity contribution >= 4 is 10.2 Å². The van der Waals surface area contributed by atoms with Gasteiger partial charge in [-0.1, -0.05) is 0 Å². The van der Waals surface area contributed by atoms with Crippen LogP contribution in [0.3, 0.4) is 0 Å². The van der Waals surface area contributed by atoms with Crippen molar-refractivity contribution in [3.05, 3.63) is 23.3 Å². The van der Waals surface area contributed by atoms with E-state index < -0.39 is 10.2 Å². The largest absolute Gasteiger partial charge is 0.493 e. The molecule has 0 unspecified atom stereocenters. The summed E-state index contributed by atoms with van der Waals surface area (Å²) in [5.41, 5.74) is 2.06. The van der Waals surface area contributed by atoms with E-state index in [4.69, 9.17) is 14.2 Å². The van der Waals surface area contributed by atoms with Gasteiger partial charge in [-0.2, -0.15) is 17.0 Å².